The molecule has 1 aromatic carbocycles. The van der Waals surface area contributed by atoms with Crippen molar-refractivity contribution in [1.29, 1.82) is 0 Å². The van der Waals surface area contributed by atoms with Crippen LogP contribution in [0.2, 0.25) is 0 Å². The molecule has 8 amide bonds. The van der Waals surface area contributed by atoms with Gasteiger partial charge >= 0.3 is 7.12 Å². The molecule has 6 atom stereocenters. The van der Waals surface area contributed by atoms with Gasteiger partial charge in [0.15, 0.2) is 0 Å². The predicted molar refractivity (Wildman–Crippen MR) is 198 cm³/mol. The molecule has 12 N–H and O–H groups in total. The van der Waals surface area contributed by atoms with Crippen molar-refractivity contribution in [3.8, 4) is 0 Å². The van der Waals surface area contributed by atoms with E-state index in [0.717, 1.165) is 49.6 Å². The first-order chi connectivity index (χ1) is 25.8. The topological polar surface area (TPSA) is 319 Å². The van der Waals surface area contributed by atoms with Crippen LogP contribution in [0.1, 0.15) is 75.7 Å². The number of carbonyl (C=O) groups is 8. The maximum absolute atomic E-state index is 13.1. The molecule has 1 rings (SSSR count). The third kappa shape index (κ3) is 17.3. The molecular weight excluding hydrogens is 723 g/mol. The minimum Gasteiger partial charge on any atom is -0.426 e. The quantitative estimate of drug-likeness (QED) is 0.0351. The summed E-state index contributed by atoms with van der Waals surface area (Å²) in [6.45, 7) is 4.36. The second kappa shape index (κ2) is 24.3. The third-order valence-corrected chi connectivity index (χ3v) is 8.29. The summed E-state index contributed by atoms with van der Waals surface area (Å²) >= 11 is 0. The molecule has 1 aromatic rings. The maximum Gasteiger partial charge on any atom is 0.472 e. The Hall–Kier alpha value is -5.12. The first-order valence-corrected chi connectivity index (χ1v) is 17.9. The van der Waals surface area contributed by atoms with E-state index < -0.39 is 117 Å². The van der Waals surface area contributed by atoms with E-state index in [1.165, 1.54) is 20.8 Å². The second-order valence-electron chi connectivity index (χ2n) is 13.0. The van der Waals surface area contributed by atoms with Crippen molar-refractivity contribution in [2.24, 2.45) is 5.73 Å². The number of hydrogen-bond acceptors (Lipinski definition) is 12. The predicted octanol–water partition coefficient (Wildman–Crippen LogP) is -4.28. The van der Waals surface area contributed by atoms with Gasteiger partial charge in [-0.2, -0.15) is 0 Å². The van der Waals surface area contributed by atoms with Gasteiger partial charge in [0.2, 0.25) is 41.4 Å². The van der Waals surface area contributed by atoms with Crippen molar-refractivity contribution in [3.05, 3.63) is 35.4 Å². The molecule has 0 heterocycles. The largest absolute Gasteiger partial charge is 0.472 e. The molecule has 0 saturated heterocycles. The summed E-state index contributed by atoms with van der Waals surface area (Å²) in [5, 5.41) is 51.7. The highest BCUT2D eigenvalue weighted by atomic mass is 16.4. The summed E-state index contributed by atoms with van der Waals surface area (Å²) < 4.78 is 0. The Balaban J connectivity index is 2.75. The zero-order valence-corrected chi connectivity index (χ0v) is 31.8. The molecule has 55 heavy (non-hydrogen) atoms. The SMILES string of the molecule is CCCCCCc1ccc(C(=O)N[C@H](CO)C(=O)N[C@H](C)C(=O)NCC(=O)N(C)[C@H](C(=O)N[C@@H](C)C(=O)N[C@@H](CC(N)=O)C(=O)NCB(O)O)C(C)O)cc1. The van der Waals surface area contributed by atoms with E-state index in [1.54, 1.807) is 12.1 Å². The van der Waals surface area contributed by atoms with Crippen LogP contribution in [0, 0.1) is 0 Å². The molecule has 0 radical (unpaired) electrons. The van der Waals surface area contributed by atoms with Crippen LogP contribution in [0.3, 0.4) is 0 Å². The van der Waals surface area contributed by atoms with Crippen molar-refractivity contribution in [2.75, 3.05) is 26.6 Å². The fourth-order valence-corrected chi connectivity index (χ4v) is 5.09. The van der Waals surface area contributed by atoms with Crippen LogP contribution in [0.4, 0.5) is 0 Å². The molecule has 0 spiro atoms. The number of benzene rings is 1. The van der Waals surface area contributed by atoms with Gasteiger partial charge in [-0.3, -0.25) is 38.4 Å². The Morgan fingerprint density at radius 2 is 1.36 bits per heavy atom. The van der Waals surface area contributed by atoms with Crippen molar-refractivity contribution in [2.45, 2.75) is 103 Å². The number of hydrogen-bond donors (Lipinski definition) is 11. The van der Waals surface area contributed by atoms with Gasteiger partial charge in [-0.1, -0.05) is 38.3 Å². The third-order valence-electron chi connectivity index (χ3n) is 8.29. The number of carbonyl (C=O) groups excluding carboxylic acids is 8. The zero-order valence-electron chi connectivity index (χ0n) is 31.8. The van der Waals surface area contributed by atoms with E-state index in [9.17, 15) is 48.6 Å². The molecule has 0 saturated carbocycles. The number of likely N-dealkylation sites (N-methyl/N-ethyl adjacent to an activating group) is 1. The van der Waals surface area contributed by atoms with Crippen LogP contribution >= 0.6 is 0 Å². The summed E-state index contributed by atoms with van der Waals surface area (Å²) in [6.07, 6.45) is 2.52. The summed E-state index contributed by atoms with van der Waals surface area (Å²) in [4.78, 5) is 102. The monoisotopic (exact) mass is 778 g/mol. The van der Waals surface area contributed by atoms with Crippen molar-refractivity contribution >= 4 is 54.4 Å². The van der Waals surface area contributed by atoms with Gasteiger partial charge in [0.05, 0.1) is 32.1 Å². The standard InChI is InChI=1S/C34H55BN8O12/c1-6-7-8-9-10-22-11-13-23(14-12-22)31(50)42-25(17-44)33(52)39-19(2)29(48)37-16-27(47)43(5)28(21(4)45)34(53)40-20(3)30(49)41-24(15-26(36)46)32(51)38-18-35(54)55/h11-14,19-21,24-25,28,44-45,54-55H,6-10,15-18H2,1-5H3,(H2,36,46)(H,37,48)(H,38,51)(H,39,52)(H,40,53)(H,41,49)(H,42,50)/t19-,20+,21?,24+,25-,28+/m1/s1. The number of unbranched alkanes of at least 4 members (excludes halogenated alkanes) is 3. The van der Waals surface area contributed by atoms with Gasteiger partial charge in [-0.25, -0.2) is 0 Å². The molecule has 1 unspecified atom stereocenters. The van der Waals surface area contributed by atoms with E-state index in [-0.39, 0.29) is 5.56 Å². The molecule has 0 aliphatic heterocycles. The maximum atomic E-state index is 13.1. The van der Waals surface area contributed by atoms with Crippen LogP contribution in [0.25, 0.3) is 0 Å². The normalized spacial score (nSPS) is 14.1. The Morgan fingerprint density at radius 1 is 0.764 bits per heavy atom. The van der Waals surface area contributed by atoms with Crippen LogP contribution in [-0.4, -0.2) is 142 Å². The van der Waals surface area contributed by atoms with E-state index in [0.29, 0.717) is 0 Å². The average Bonchev–Trinajstić information content (AvgIpc) is 3.12. The number of amides is 8. The Labute approximate surface area is 319 Å². The molecule has 0 fully saturated rings. The summed E-state index contributed by atoms with van der Waals surface area (Å²) in [5.74, 6) is -7.08. The first kappa shape index (κ1) is 47.9. The molecule has 20 nitrogen and oxygen atoms in total. The van der Waals surface area contributed by atoms with E-state index >= 15 is 0 Å². The number of nitrogens with zero attached hydrogens (tertiary/aromatic N) is 1. The molecule has 0 aliphatic carbocycles. The minimum absolute atomic E-state index is 0.272. The van der Waals surface area contributed by atoms with Crippen LogP contribution in [-0.2, 0) is 40.0 Å². The van der Waals surface area contributed by atoms with E-state index in [4.69, 9.17) is 15.8 Å². The number of primary amides is 1. The Bertz CT molecular complexity index is 1480. The lowest BCUT2D eigenvalue weighted by Crippen LogP contribution is -2.59. The van der Waals surface area contributed by atoms with E-state index in [2.05, 4.69) is 38.8 Å². The van der Waals surface area contributed by atoms with Gasteiger partial charge < -0.3 is 62.8 Å². The van der Waals surface area contributed by atoms with Gasteiger partial charge in [0.25, 0.3) is 5.91 Å². The van der Waals surface area contributed by atoms with Crippen molar-refractivity contribution in [3.63, 3.8) is 0 Å². The highest BCUT2D eigenvalue weighted by molar-refractivity contribution is 6.41. The molecule has 306 valence electrons. The Morgan fingerprint density at radius 3 is 1.91 bits per heavy atom. The van der Waals surface area contributed by atoms with Crippen LogP contribution in [0.15, 0.2) is 24.3 Å². The molecule has 0 bridgehead atoms. The molecule has 21 heteroatoms. The van der Waals surface area contributed by atoms with E-state index in [1.807, 2.05) is 12.1 Å². The minimum atomic E-state index is -1.91. The number of rotatable bonds is 24. The lowest BCUT2D eigenvalue weighted by atomic mass is 9.92. The summed E-state index contributed by atoms with van der Waals surface area (Å²) in [6, 6.07) is -0.261. The van der Waals surface area contributed by atoms with Crippen LogP contribution < -0.4 is 37.6 Å². The molecular formula is C34H55BN8O12. The number of aryl methyl sites for hydroxylation is 1. The first-order valence-electron chi connectivity index (χ1n) is 17.9. The number of aliphatic hydroxyl groups excluding tert-OH is 2. The molecule has 0 aliphatic rings. The highest BCUT2D eigenvalue weighted by Crippen LogP contribution is 2.10. The second-order valence-corrected chi connectivity index (χ2v) is 13.0. The van der Waals surface area contributed by atoms with Gasteiger partial charge in [-0.05, 0) is 51.3 Å². The lowest BCUT2D eigenvalue weighted by Gasteiger charge is -2.30. The van der Waals surface area contributed by atoms with Crippen molar-refractivity contribution in [1.82, 2.24) is 36.8 Å². The molecule has 0 aromatic heterocycles. The number of nitrogens with two attached hydrogens (primary N) is 1. The highest BCUT2D eigenvalue weighted by Gasteiger charge is 2.34. The van der Waals surface area contributed by atoms with Gasteiger partial charge in [-0.15, -0.1) is 0 Å². The summed E-state index contributed by atoms with van der Waals surface area (Å²) in [5.41, 5.74) is 6.47. The zero-order chi connectivity index (χ0) is 41.8. The van der Waals surface area contributed by atoms with Crippen molar-refractivity contribution < 1.29 is 58.6 Å². The van der Waals surface area contributed by atoms with Gasteiger partial charge in [0, 0.05) is 12.6 Å². The lowest BCUT2D eigenvalue weighted by molar-refractivity contribution is -0.144. The number of nitrogens with one attached hydrogen (secondary N) is 6. The smallest absolute Gasteiger partial charge is 0.426 e. The number of aliphatic hydroxyl groups is 2. The van der Waals surface area contributed by atoms with Crippen LogP contribution in [0.5, 0.6) is 0 Å². The average molecular weight is 779 g/mol. The van der Waals surface area contributed by atoms with Gasteiger partial charge in [0.1, 0.15) is 30.2 Å². The Kier molecular flexibility index (Phi) is 21.2. The fourth-order valence-electron chi connectivity index (χ4n) is 5.09. The fraction of sp³-hybridized carbons (Fsp3) is 0.588. The summed E-state index contributed by atoms with van der Waals surface area (Å²) in [7, 11) is -0.758.